The molecule has 1 amide bonds. The van der Waals surface area contributed by atoms with Gasteiger partial charge in [-0.15, -0.1) is 0 Å². The van der Waals surface area contributed by atoms with Gasteiger partial charge in [-0.3, -0.25) is 10.1 Å². The lowest BCUT2D eigenvalue weighted by molar-refractivity contribution is -0.115. The molecule has 1 rings (SSSR count). The first-order valence-electron chi connectivity index (χ1n) is 3.18. The highest BCUT2D eigenvalue weighted by Crippen LogP contribution is 1.92. The summed E-state index contributed by atoms with van der Waals surface area (Å²) in [5, 5.41) is 2.46. The minimum Gasteiger partial charge on any atom is -0.294 e. The van der Waals surface area contributed by atoms with Crippen LogP contribution in [-0.2, 0) is 4.79 Å². The van der Waals surface area contributed by atoms with Gasteiger partial charge in [0.05, 0.1) is 0 Å². The Kier molecular flexibility index (Phi) is 2.48. The third-order valence-corrected chi connectivity index (χ3v) is 1.02. The molecule has 0 aromatic carbocycles. The zero-order chi connectivity index (χ0) is 8.10. The van der Waals surface area contributed by atoms with Gasteiger partial charge in [-0.25, -0.2) is 9.97 Å². The van der Waals surface area contributed by atoms with E-state index in [9.17, 15) is 4.79 Å². The number of carbonyl (C=O) groups excluding carboxylic acids is 1. The van der Waals surface area contributed by atoms with Crippen molar-refractivity contribution in [1.29, 1.82) is 0 Å². The Bertz CT molecular complexity index is 236. The molecule has 0 atom stereocenters. The predicted octanol–water partition coefficient (Wildman–Crippen LogP) is 0.0203. The highest BCUT2D eigenvalue weighted by atomic mass is 16.1. The summed E-state index contributed by atoms with van der Waals surface area (Å²) in [6, 6.07) is 0. The number of rotatable bonds is 2. The van der Waals surface area contributed by atoms with Crippen molar-refractivity contribution >= 4 is 11.9 Å². The van der Waals surface area contributed by atoms with E-state index in [2.05, 4.69) is 26.6 Å². The number of nitrogens with zero attached hydrogens (tertiary/aromatic N) is 3. The zero-order valence-corrected chi connectivity index (χ0v) is 6.03. The third kappa shape index (κ3) is 2.29. The molecular formula is C6H7N4O. The topological polar surface area (TPSA) is 67.8 Å². The molecule has 0 fully saturated rings. The van der Waals surface area contributed by atoms with E-state index in [1.165, 1.54) is 6.33 Å². The van der Waals surface area contributed by atoms with Crippen LogP contribution in [0.1, 0.15) is 13.3 Å². The molecule has 1 aromatic heterocycles. The molecule has 0 saturated carbocycles. The van der Waals surface area contributed by atoms with Crippen molar-refractivity contribution in [3.63, 3.8) is 0 Å². The minimum absolute atomic E-state index is 0.121. The van der Waals surface area contributed by atoms with Gasteiger partial charge in [0.15, 0.2) is 0 Å². The first kappa shape index (κ1) is 7.59. The van der Waals surface area contributed by atoms with Crippen LogP contribution in [0.4, 0.5) is 5.95 Å². The Morgan fingerprint density at radius 3 is 3.18 bits per heavy atom. The molecule has 5 heteroatoms. The van der Waals surface area contributed by atoms with Gasteiger partial charge in [0.25, 0.3) is 0 Å². The molecule has 1 radical (unpaired) electrons. The second-order valence-electron chi connectivity index (χ2n) is 1.81. The van der Waals surface area contributed by atoms with Crippen molar-refractivity contribution in [2.75, 3.05) is 5.32 Å². The van der Waals surface area contributed by atoms with Crippen LogP contribution in [-0.4, -0.2) is 20.9 Å². The molecule has 1 N–H and O–H groups in total. The maximum absolute atomic E-state index is 10.8. The summed E-state index contributed by atoms with van der Waals surface area (Å²) < 4.78 is 0. The third-order valence-electron chi connectivity index (χ3n) is 1.02. The van der Waals surface area contributed by atoms with E-state index in [4.69, 9.17) is 0 Å². The van der Waals surface area contributed by atoms with Gasteiger partial charge in [0.1, 0.15) is 6.33 Å². The zero-order valence-electron chi connectivity index (χ0n) is 6.03. The number of anilines is 1. The lowest BCUT2D eigenvalue weighted by Gasteiger charge is -1.97. The van der Waals surface area contributed by atoms with Crippen molar-refractivity contribution in [1.82, 2.24) is 15.0 Å². The van der Waals surface area contributed by atoms with E-state index in [-0.39, 0.29) is 11.9 Å². The molecule has 0 spiro atoms. The number of hydrogen-bond donors (Lipinski definition) is 1. The van der Waals surface area contributed by atoms with Crippen LogP contribution in [0, 0.1) is 6.33 Å². The molecular weight excluding hydrogens is 144 g/mol. The van der Waals surface area contributed by atoms with Gasteiger partial charge in [0.2, 0.25) is 18.2 Å². The Hall–Kier alpha value is -1.52. The van der Waals surface area contributed by atoms with Gasteiger partial charge >= 0.3 is 0 Å². The van der Waals surface area contributed by atoms with Gasteiger partial charge in [0, 0.05) is 6.42 Å². The van der Waals surface area contributed by atoms with Crippen molar-refractivity contribution < 1.29 is 4.79 Å². The average Bonchev–Trinajstić information content (AvgIpc) is 2.06. The molecule has 57 valence electrons. The molecule has 1 aromatic rings. The minimum atomic E-state index is -0.121. The predicted molar refractivity (Wildman–Crippen MR) is 37.6 cm³/mol. The van der Waals surface area contributed by atoms with Crippen LogP contribution < -0.4 is 5.32 Å². The highest BCUT2D eigenvalue weighted by molar-refractivity contribution is 5.88. The van der Waals surface area contributed by atoms with Crippen LogP contribution in [0.3, 0.4) is 0 Å². The summed E-state index contributed by atoms with van der Waals surface area (Å²) in [5.74, 6) is 0.122. The monoisotopic (exact) mass is 151 g/mol. The summed E-state index contributed by atoms with van der Waals surface area (Å²) in [7, 11) is 0. The standard InChI is InChI=1S/C6H7N4O/c1-2-5(11)10-6-8-3-7-4-9-6/h3H,2H2,1H3,(H,7,8,9,10,11). The van der Waals surface area contributed by atoms with E-state index in [0.717, 1.165) is 0 Å². The molecule has 0 saturated heterocycles. The summed E-state index contributed by atoms with van der Waals surface area (Å²) in [6.45, 7) is 1.75. The van der Waals surface area contributed by atoms with Crippen LogP contribution in [0.25, 0.3) is 0 Å². The summed E-state index contributed by atoms with van der Waals surface area (Å²) in [6.07, 6.45) is 4.00. The van der Waals surface area contributed by atoms with Gasteiger partial charge in [-0.1, -0.05) is 6.92 Å². The van der Waals surface area contributed by atoms with Crippen LogP contribution in [0.15, 0.2) is 6.33 Å². The van der Waals surface area contributed by atoms with Crippen LogP contribution >= 0.6 is 0 Å². The fourth-order valence-electron chi connectivity index (χ4n) is 0.488. The molecule has 0 aliphatic rings. The first-order chi connectivity index (χ1) is 5.33. The van der Waals surface area contributed by atoms with Crippen molar-refractivity contribution in [2.45, 2.75) is 13.3 Å². The molecule has 0 unspecified atom stereocenters. The van der Waals surface area contributed by atoms with Gasteiger partial charge in [-0.2, -0.15) is 4.98 Å². The fraction of sp³-hybridized carbons (Fsp3) is 0.333. The van der Waals surface area contributed by atoms with E-state index < -0.39 is 0 Å². The van der Waals surface area contributed by atoms with E-state index in [1.807, 2.05) is 0 Å². The molecule has 5 nitrogen and oxygen atoms in total. The largest absolute Gasteiger partial charge is 0.294 e. The number of amides is 1. The maximum atomic E-state index is 10.8. The summed E-state index contributed by atoms with van der Waals surface area (Å²) in [4.78, 5) is 21.5. The van der Waals surface area contributed by atoms with Crippen LogP contribution in [0.2, 0.25) is 0 Å². The second kappa shape index (κ2) is 3.60. The van der Waals surface area contributed by atoms with Crippen LogP contribution in [0.5, 0.6) is 0 Å². The van der Waals surface area contributed by atoms with Crippen molar-refractivity contribution in [3.8, 4) is 0 Å². The molecule has 0 bridgehead atoms. The van der Waals surface area contributed by atoms with Crippen molar-refractivity contribution in [3.05, 3.63) is 12.7 Å². The number of carbonyl (C=O) groups is 1. The second-order valence-corrected chi connectivity index (χ2v) is 1.81. The Labute approximate surface area is 63.9 Å². The molecule has 0 aliphatic carbocycles. The van der Waals surface area contributed by atoms with E-state index in [1.54, 1.807) is 6.92 Å². The SMILES string of the molecule is CCC(=O)Nc1n[c]ncn1. The van der Waals surface area contributed by atoms with Gasteiger partial charge in [-0.05, 0) is 0 Å². The summed E-state index contributed by atoms with van der Waals surface area (Å²) >= 11 is 0. The lowest BCUT2D eigenvalue weighted by atomic mass is 10.5. The molecule has 1 heterocycles. The van der Waals surface area contributed by atoms with E-state index in [0.29, 0.717) is 6.42 Å². The molecule has 0 aliphatic heterocycles. The number of nitrogens with one attached hydrogen (secondary N) is 1. The lowest BCUT2D eigenvalue weighted by Crippen LogP contribution is -2.12. The fourth-order valence-corrected chi connectivity index (χ4v) is 0.488. The first-order valence-corrected chi connectivity index (χ1v) is 3.18. The average molecular weight is 151 g/mol. The Morgan fingerprint density at radius 2 is 2.64 bits per heavy atom. The normalized spacial score (nSPS) is 9.18. The quantitative estimate of drug-likeness (QED) is 0.647. The summed E-state index contributed by atoms with van der Waals surface area (Å²) in [5.41, 5.74) is 0. The van der Waals surface area contributed by atoms with Gasteiger partial charge < -0.3 is 0 Å². The van der Waals surface area contributed by atoms with Crippen molar-refractivity contribution in [2.24, 2.45) is 0 Å². The number of aromatic nitrogens is 3. The maximum Gasteiger partial charge on any atom is 0.233 e. The number of hydrogen-bond acceptors (Lipinski definition) is 4. The smallest absolute Gasteiger partial charge is 0.233 e. The Balaban J connectivity index is 2.58. The highest BCUT2D eigenvalue weighted by Gasteiger charge is 1.98. The van der Waals surface area contributed by atoms with E-state index >= 15 is 0 Å². The Morgan fingerprint density at radius 1 is 1.82 bits per heavy atom. The molecule has 11 heavy (non-hydrogen) atoms.